The fraction of sp³-hybridized carbons (Fsp3) is 0.400. The van der Waals surface area contributed by atoms with Crippen LogP contribution in [0.3, 0.4) is 0 Å². The normalized spacial score (nSPS) is 24.1. The van der Waals surface area contributed by atoms with Gasteiger partial charge in [-0.05, 0) is 25.0 Å². The third-order valence-corrected chi connectivity index (χ3v) is 4.09. The van der Waals surface area contributed by atoms with E-state index in [1.165, 1.54) is 16.9 Å². The van der Waals surface area contributed by atoms with Crippen molar-refractivity contribution in [1.29, 1.82) is 0 Å². The van der Waals surface area contributed by atoms with E-state index < -0.39 is 18.0 Å². The van der Waals surface area contributed by atoms with Crippen molar-refractivity contribution in [2.24, 2.45) is 0 Å². The standard InChI is InChI=1S/C15H16N2O4/c1-21-14(19)12-8-7-11-9-16(12)15(20)17(11)13(18)10-5-3-2-4-6-10/h2-6,11-12H,7-9H2,1H3/t11-,12-/m1/s1. The van der Waals surface area contributed by atoms with Crippen LogP contribution in [-0.4, -0.2) is 53.4 Å². The van der Waals surface area contributed by atoms with Gasteiger partial charge < -0.3 is 9.64 Å². The molecule has 0 spiro atoms. The van der Waals surface area contributed by atoms with Crippen molar-refractivity contribution in [3.8, 4) is 0 Å². The second kappa shape index (κ2) is 5.20. The van der Waals surface area contributed by atoms with Crippen molar-refractivity contribution in [1.82, 2.24) is 9.80 Å². The molecule has 6 heteroatoms. The molecule has 21 heavy (non-hydrogen) atoms. The maximum absolute atomic E-state index is 12.5. The molecule has 3 rings (SSSR count). The average Bonchev–Trinajstić information content (AvgIpc) is 2.78. The topological polar surface area (TPSA) is 66.9 Å². The number of esters is 1. The summed E-state index contributed by atoms with van der Waals surface area (Å²) >= 11 is 0. The van der Waals surface area contributed by atoms with Crippen molar-refractivity contribution in [3.63, 3.8) is 0 Å². The van der Waals surface area contributed by atoms with Crippen LogP contribution in [0, 0.1) is 0 Å². The van der Waals surface area contributed by atoms with Crippen LogP contribution >= 0.6 is 0 Å². The second-order valence-electron chi connectivity index (χ2n) is 5.25. The molecule has 2 heterocycles. The fourth-order valence-electron chi connectivity index (χ4n) is 3.02. The summed E-state index contributed by atoms with van der Waals surface area (Å²) in [6, 6.07) is 7.57. The first-order valence-corrected chi connectivity index (χ1v) is 6.90. The number of nitrogens with zero attached hydrogens (tertiary/aromatic N) is 2. The first-order chi connectivity index (χ1) is 10.1. The molecule has 0 aliphatic carbocycles. The summed E-state index contributed by atoms with van der Waals surface area (Å²) in [4.78, 5) is 39.4. The molecule has 2 bridgehead atoms. The number of methoxy groups -OCH3 is 1. The molecule has 0 aromatic heterocycles. The predicted octanol–water partition coefficient (Wildman–Crippen LogP) is 1.27. The minimum atomic E-state index is -0.577. The van der Waals surface area contributed by atoms with Gasteiger partial charge in [-0.25, -0.2) is 9.59 Å². The fourth-order valence-corrected chi connectivity index (χ4v) is 3.02. The van der Waals surface area contributed by atoms with Gasteiger partial charge in [-0.15, -0.1) is 0 Å². The van der Waals surface area contributed by atoms with Crippen LogP contribution < -0.4 is 0 Å². The number of carbonyl (C=O) groups excluding carboxylic acids is 3. The maximum atomic E-state index is 12.5. The molecule has 3 amide bonds. The molecule has 2 aliphatic heterocycles. The molecule has 2 aliphatic rings. The molecular formula is C15H16N2O4. The molecule has 2 fully saturated rings. The highest BCUT2D eigenvalue weighted by Crippen LogP contribution is 2.31. The minimum absolute atomic E-state index is 0.161. The van der Waals surface area contributed by atoms with E-state index in [1.54, 1.807) is 24.3 Å². The van der Waals surface area contributed by atoms with Crippen molar-refractivity contribution in [2.75, 3.05) is 13.7 Å². The Kier molecular flexibility index (Phi) is 3.37. The third kappa shape index (κ3) is 2.16. The van der Waals surface area contributed by atoms with Gasteiger partial charge in [-0.1, -0.05) is 18.2 Å². The molecule has 0 radical (unpaired) electrons. The zero-order valence-corrected chi connectivity index (χ0v) is 11.7. The van der Waals surface area contributed by atoms with E-state index >= 15 is 0 Å². The Hall–Kier alpha value is -2.37. The third-order valence-electron chi connectivity index (χ3n) is 4.09. The molecule has 6 nitrogen and oxygen atoms in total. The molecule has 0 saturated carbocycles. The maximum Gasteiger partial charge on any atom is 0.328 e. The van der Waals surface area contributed by atoms with Gasteiger partial charge in [0.25, 0.3) is 5.91 Å². The largest absolute Gasteiger partial charge is 0.467 e. The lowest BCUT2D eigenvalue weighted by molar-refractivity contribution is -0.146. The zero-order valence-electron chi connectivity index (χ0n) is 11.7. The zero-order chi connectivity index (χ0) is 15.0. The number of urea groups is 1. The molecular weight excluding hydrogens is 272 g/mol. The smallest absolute Gasteiger partial charge is 0.328 e. The lowest BCUT2D eigenvalue weighted by atomic mass is 10.0. The summed E-state index contributed by atoms with van der Waals surface area (Å²) in [6.45, 7) is 0.400. The quantitative estimate of drug-likeness (QED) is 0.769. The number of hydrogen-bond donors (Lipinski definition) is 0. The Morgan fingerprint density at radius 3 is 2.57 bits per heavy atom. The SMILES string of the molecule is COC(=O)[C@H]1CC[C@@H]2CN1C(=O)N2C(=O)c1ccccc1. The number of rotatable bonds is 2. The molecule has 1 aromatic carbocycles. The minimum Gasteiger partial charge on any atom is -0.467 e. The molecule has 0 unspecified atom stereocenters. The van der Waals surface area contributed by atoms with Gasteiger partial charge in [0.1, 0.15) is 6.04 Å². The van der Waals surface area contributed by atoms with E-state index in [-0.39, 0.29) is 11.9 Å². The Labute approximate surface area is 122 Å². The van der Waals surface area contributed by atoms with Gasteiger partial charge in [0.05, 0.1) is 13.2 Å². The number of benzene rings is 1. The van der Waals surface area contributed by atoms with Crippen molar-refractivity contribution < 1.29 is 19.1 Å². The first-order valence-electron chi connectivity index (χ1n) is 6.90. The van der Waals surface area contributed by atoms with Crippen LogP contribution in [0.2, 0.25) is 0 Å². The highest BCUT2D eigenvalue weighted by molar-refractivity contribution is 6.06. The van der Waals surface area contributed by atoms with Crippen molar-refractivity contribution >= 4 is 17.9 Å². The summed E-state index contributed by atoms with van der Waals surface area (Å²) in [5, 5.41) is 0. The number of imide groups is 1. The summed E-state index contributed by atoms with van der Waals surface area (Å²) in [5.41, 5.74) is 0.481. The van der Waals surface area contributed by atoms with Crippen molar-refractivity contribution in [2.45, 2.75) is 24.9 Å². The van der Waals surface area contributed by atoms with E-state index in [4.69, 9.17) is 4.74 Å². The number of amides is 3. The average molecular weight is 288 g/mol. The number of carbonyl (C=O) groups is 3. The Bertz CT molecular complexity index is 587. The summed E-state index contributed by atoms with van der Waals surface area (Å²) in [5.74, 6) is -0.727. The van der Waals surface area contributed by atoms with E-state index in [2.05, 4.69) is 0 Å². The summed E-state index contributed by atoms with van der Waals surface area (Å²) in [7, 11) is 1.31. The Morgan fingerprint density at radius 2 is 1.90 bits per heavy atom. The molecule has 2 atom stereocenters. The van der Waals surface area contributed by atoms with Crippen molar-refractivity contribution in [3.05, 3.63) is 35.9 Å². The molecule has 0 N–H and O–H groups in total. The number of hydrogen-bond acceptors (Lipinski definition) is 4. The van der Waals surface area contributed by atoms with Gasteiger partial charge in [0, 0.05) is 12.1 Å². The monoisotopic (exact) mass is 288 g/mol. The highest BCUT2D eigenvalue weighted by Gasteiger charge is 2.49. The predicted molar refractivity (Wildman–Crippen MR) is 73.5 cm³/mol. The summed E-state index contributed by atoms with van der Waals surface area (Å²) < 4.78 is 4.73. The molecule has 2 saturated heterocycles. The van der Waals surface area contributed by atoms with Crippen LogP contribution in [0.5, 0.6) is 0 Å². The second-order valence-corrected chi connectivity index (χ2v) is 5.25. The van der Waals surface area contributed by atoms with Crippen LogP contribution in [0.4, 0.5) is 4.79 Å². The van der Waals surface area contributed by atoms with E-state index in [1.807, 2.05) is 6.07 Å². The Balaban J connectivity index is 1.85. The lowest BCUT2D eigenvalue weighted by Gasteiger charge is -2.28. The van der Waals surface area contributed by atoms with E-state index in [0.29, 0.717) is 24.9 Å². The highest BCUT2D eigenvalue weighted by atomic mass is 16.5. The molecule has 110 valence electrons. The van der Waals surface area contributed by atoms with E-state index in [0.717, 1.165) is 0 Å². The molecule has 1 aromatic rings. The number of fused-ring (bicyclic) bond motifs is 2. The van der Waals surface area contributed by atoms with Gasteiger partial charge >= 0.3 is 12.0 Å². The number of ether oxygens (including phenoxy) is 1. The van der Waals surface area contributed by atoms with Gasteiger partial charge in [-0.3, -0.25) is 9.69 Å². The lowest BCUT2D eigenvalue weighted by Crippen LogP contribution is -2.45. The van der Waals surface area contributed by atoms with Crippen LogP contribution in [-0.2, 0) is 9.53 Å². The van der Waals surface area contributed by atoms with Crippen LogP contribution in [0.15, 0.2) is 30.3 Å². The van der Waals surface area contributed by atoms with Crippen LogP contribution in [0.1, 0.15) is 23.2 Å². The Morgan fingerprint density at radius 1 is 1.19 bits per heavy atom. The first kappa shape index (κ1) is 13.6. The van der Waals surface area contributed by atoms with Gasteiger partial charge in [-0.2, -0.15) is 0 Å². The van der Waals surface area contributed by atoms with Crippen LogP contribution in [0.25, 0.3) is 0 Å². The summed E-state index contributed by atoms with van der Waals surface area (Å²) in [6.07, 6.45) is 1.15. The van der Waals surface area contributed by atoms with E-state index in [9.17, 15) is 14.4 Å². The number of piperidine rings is 1. The van der Waals surface area contributed by atoms with Gasteiger partial charge in [0.2, 0.25) is 0 Å². The van der Waals surface area contributed by atoms with Gasteiger partial charge in [0.15, 0.2) is 0 Å².